The van der Waals surface area contributed by atoms with Crippen LogP contribution >= 0.6 is 0 Å². The molecule has 1 aliphatic rings. The average Bonchev–Trinajstić information content (AvgIpc) is 2.68. The van der Waals surface area contributed by atoms with Gasteiger partial charge >= 0.3 is 0 Å². The Morgan fingerprint density at radius 2 is 1.70 bits per heavy atom. The van der Waals surface area contributed by atoms with Crippen LogP contribution in [0.4, 0.5) is 0 Å². The SMILES string of the molecule is O=c1cc(-c2ccc(O)c(O)c2)oc2c(C3CC(O)CC(CO)O3)c(O)cc(O)c12. The van der Waals surface area contributed by atoms with E-state index in [4.69, 9.17) is 9.15 Å². The van der Waals surface area contributed by atoms with Gasteiger partial charge in [0.1, 0.15) is 22.6 Å². The Labute approximate surface area is 169 Å². The molecule has 0 aliphatic carbocycles. The molecule has 3 unspecified atom stereocenters. The van der Waals surface area contributed by atoms with Crippen LogP contribution < -0.4 is 5.43 Å². The first-order valence-corrected chi connectivity index (χ1v) is 9.28. The smallest absolute Gasteiger partial charge is 0.197 e. The number of rotatable bonds is 3. The average molecular weight is 416 g/mol. The second-order valence-electron chi connectivity index (χ2n) is 7.27. The maximum absolute atomic E-state index is 12.7. The van der Waals surface area contributed by atoms with Gasteiger partial charge in [-0.2, -0.15) is 0 Å². The van der Waals surface area contributed by atoms with Gasteiger partial charge < -0.3 is 39.8 Å². The molecule has 0 amide bonds. The fourth-order valence-corrected chi connectivity index (χ4v) is 3.75. The van der Waals surface area contributed by atoms with E-state index in [1.807, 2.05) is 0 Å². The quantitative estimate of drug-likeness (QED) is 0.350. The number of aliphatic hydroxyl groups excluding tert-OH is 2. The summed E-state index contributed by atoms with van der Waals surface area (Å²) in [5.41, 5.74) is -0.413. The first kappa shape index (κ1) is 20.0. The normalized spacial score (nSPS) is 21.7. The fraction of sp³-hybridized carbons (Fsp3) is 0.286. The van der Waals surface area contributed by atoms with Gasteiger partial charge in [0.05, 0.1) is 30.5 Å². The summed E-state index contributed by atoms with van der Waals surface area (Å²) in [5.74, 6) is -1.64. The van der Waals surface area contributed by atoms with Crippen LogP contribution in [0.2, 0.25) is 0 Å². The van der Waals surface area contributed by atoms with E-state index < -0.39 is 41.0 Å². The maximum atomic E-state index is 12.7. The molecule has 2 heterocycles. The Kier molecular flexibility index (Phi) is 5.02. The lowest BCUT2D eigenvalue weighted by Crippen LogP contribution is -2.33. The van der Waals surface area contributed by atoms with E-state index in [0.29, 0.717) is 0 Å². The van der Waals surface area contributed by atoms with Crippen molar-refractivity contribution in [2.45, 2.75) is 31.2 Å². The van der Waals surface area contributed by atoms with Gasteiger partial charge in [-0.05, 0) is 18.2 Å². The Balaban J connectivity index is 1.95. The standard InChI is InChI=1S/C21H20O9/c22-8-11-4-10(23)5-18(29-11)20-15(27)6-14(26)19-16(28)7-17(30-21(19)20)9-1-2-12(24)13(25)3-9/h1-3,6-7,10-11,18,22-27H,4-5,8H2. The van der Waals surface area contributed by atoms with E-state index in [1.54, 1.807) is 0 Å². The van der Waals surface area contributed by atoms with E-state index in [2.05, 4.69) is 0 Å². The minimum atomic E-state index is -0.902. The highest BCUT2D eigenvalue weighted by molar-refractivity contribution is 5.89. The highest BCUT2D eigenvalue weighted by Crippen LogP contribution is 2.43. The summed E-state index contributed by atoms with van der Waals surface area (Å²) in [5, 5.41) is 59.4. The molecule has 0 spiro atoms. The van der Waals surface area contributed by atoms with Crippen molar-refractivity contribution in [1.82, 2.24) is 0 Å². The molecule has 0 bridgehead atoms. The monoisotopic (exact) mass is 416 g/mol. The van der Waals surface area contributed by atoms with Gasteiger partial charge in [0.25, 0.3) is 0 Å². The van der Waals surface area contributed by atoms with Crippen molar-refractivity contribution in [3.8, 4) is 34.3 Å². The minimum Gasteiger partial charge on any atom is -0.507 e. The molecule has 0 radical (unpaired) electrons. The van der Waals surface area contributed by atoms with Crippen LogP contribution in [0, 0.1) is 0 Å². The maximum Gasteiger partial charge on any atom is 0.197 e. The topological polar surface area (TPSA) is 161 Å². The predicted molar refractivity (Wildman–Crippen MR) is 105 cm³/mol. The summed E-state index contributed by atoms with van der Waals surface area (Å²) in [6, 6.07) is 5.96. The summed E-state index contributed by atoms with van der Waals surface area (Å²) in [6.07, 6.45) is -2.09. The van der Waals surface area contributed by atoms with Crippen molar-refractivity contribution >= 4 is 11.0 Å². The van der Waals surface area contributed by atoms with Crippen LogP contribution in [-0.4, -0.2) is 49.5 Å². The molecule has 3 atom stereocenters. The number of fused-ring (bicyclic) bond motifs is 1. The lowest BCUT2D eigenvalue weighted by atomic mass is 9.94. The number of aliphatic hydroxyl groups is 2. The van der Waals surface area contributed by atoms with Gasteiger partial charge in [0.2, 0.25) is 0 Å². The van der Waals surface area contributed by atoms with Gasteiger partial charge in [-0.15, -0.1) is 0 Å². The Bertz CT molecular complexity index is 1170. The van der Waals surface area contributed by atoms with Gasteiger partial charge in [0.15, 0.2) is 22.5 Å². The van der Waals surface area contributed by atoms with E-state index in [1.165, 1.54) is 18.2 Å². The number of hydrogen-bond acceptors (Lipinski definition) is 9. The molecular formula is C21H20O9. The second-order valence-corrected chi connectivity index (χ2v) is 7.27. The zero-order chi connectivity index (χ0) is 21.6. The number of benzene rings is 2. The van der Waals surface area contributed by atoms with E-state index in [9.17, 15) is 35.4 Å². The predicted octanol–water partition coefficient (Wildman–Crippen LogP) is 1.86. The Hall–Kier alpha value is -3.27. The third-order valence-electron chi connectivity index (χ3n) is 5.16. The van der Waals surface area contributed by atoms with Gasteiger partial charge in [-0.25, -0.2) is 0 Å². The van der Waals surface area contributed by atoms with Crippen molar-refractivity contribution in [2.24, 2.45) is 0 Å². The highest BCUT2D eigenvalue weighted by atomic mass is 16.5. The molecule has 30 heavy (non-hydrogen) atoms. The van der Waals surface area contributed by atoms with E-state index >= 15 is 0 Å². The van der Waals surface area contributed by atoms with Gasteiger partial charge in [0, 0.05) is 30.5 Å². The molecule has 1 aliphatic heterocycles. The third-order valence-corrected chi connectivity index (χ3v) is 5.16. The summed E-state index contributed by atoms with van der Waals surface area (Å²) in [6.45, 7) is -0.341. The largest absolute Gasteiger partial charge is 0.507 e. The molecule has 9 heteroatoms. The Morgan fingerprint density at radius 3 is 2.40 bits per heavy atom. The first-order valence-electron chi connectivity index (χ1n) is 9.28. The van der Waals surface area contributed by atoms with Crippen LogP contribution in [0.3, 0.4) is 0 Å². The highest BCUT2D eigenvalue weighted by Gasteiger charge is 2.33. The van der Waals surface area contributed by atoms with Crippen LogP contribution in [0.25, 0.3) is 22.3 Å². The fourth-order valence-electron chi connectivity index (χ4n) is 3.75. The van der Waals surface area contributed by atoms with Crippen molar-refractivity contribution < 1.29 is 39.8 Å². The number of phenolic OH excluding ortho intramolecular Hbond substituents is 4. The van der Waals surface area contributed by atoms with Crippen LogP contribution in [0.15, 0.2) is 39.5 Å². The second kappa shape index (κ2) is 7.52. The zero-order valence-electron chi connectivity index (χ0n) is 15.6. The number of hydrogen-bond donors (Lipinski definition) is 6. The molecule has 4 rings (SSSR count). The van der Waals surface area contributed by atoms with Crippen LogP contribution in [0.1, 0.15) is 24.5 Å². The molecule has 1 aromatic heterocycles. The third kappa shape index (κ3) is 3.43. The number of ether oxygens (including phenoxy) is 1. The number of phenols is 4. The summed E-state index contributed by atoms with van der Waals surface area (Å²) >= 11 is 0. The minimum absolute atomic E-state index is 0.0177. The molecule has 9 nitrogen and oxygen atoms in total. The lowest BCUT2D eigenvalue weighted by molar-refractivity contribution is -0.114. The summed E-state index contributed by atoms with van der Waals surface area (Å²) in [4.78, 5) is 12.7. The van der Waals surface area contributed by atoms with Crippen molar-refractivity contribution in [1.29, 1.82) is 0 Å². The summed E-state index contributed by atoms with van der Waals surface area (Å²) in [7, 11) is 0. The Morgan fingerprint density at radius 1 is 0.933 bits per heavy atom. The molecule has 2 aromatic carbocycles. The van der Waals surface area contributed by atoms with E-state index in [0.717, 1.165) is 12.1 Å². The molecule has 158 valence electrons. The van der Waals surface area contributed by atoms with Gasteiger partial charge in [-0.3, -0.25) is 4.79 Å². The molecule has 6 N–H and O–H groups in total. The van der Waals surface area contributed by atoms with Crippen molar-refractivity contribution in [2.75, 3.05) is 6.61 Å². The van der Waals surface area contributed by atoms with Crippen molar-refractivity contribution in [3.63, 3.8) is 0 Å². The molecular weight excluding hydrogens is 396 g/mol. The van der Waals surface area contributed by atoms with Crippen molar-refractivity contribution in [3.05, 3.63) is 46.1 Å². The molecule has 3 aromatic rings. The number of aromatic hydroxyl groups is 4. The zero-order valence-corrected chi connectivity index (χ0v) is 15.6. The van der Waals surface area contributed by atoms with Crippen LogP contribution in [0.5, 0.6) is 23.0 Å². The van der Waals surface area contributed by atoms with Crippen LogP contribution in [-0.2, 0) is 4.74 Å². The van der Waals surface area contributed by atoms with E-state index in [-0.39, 0.29) is 53.1 Å². The first-order chi connectivity index (χ1) is 14.3. The summed E-state index contributed by atoms with van der Waals surface area (Å²) < 4.78 is 11.6. The molecule has 1 fully saturated rings. The lowest BCUT2D eigenvalue weighted by Gasteiger charge is -2.33. The van der Waals surface area contributed by atoms with Gasteiger partial charge in [-0.1, -0.05) is 0 Å². The molecule has 0 saturated carbocycles. The molecule has 1 saturated heterocycles.